The zero-order valence-electron chi connectivity index (χ0n) is 14.9. The number of carbonyl (C=O) groups excluding carboxylic acids is 2. The molecule has 0 spiro atoms. The minimum atomic E-state index is -0.574. The van der Waals surface area contributed by atoms with Gasteiger partial charge in [-0.05, 0) is 38.4 Å². The second-order valence-electron chi connectivity index (χ2n) is 6.01. The number of esters is 1. The predicted molar refractivity (Wildman–Crippen MR) is 94.1 cm³/mol. The van der Waals surface area contributed by atoms with E-state index in [-0.39, 0.29) is 35.7 Å². The standard InChI is InChI=1S/C17H23N3O6/c1-3-26-17(22)12-5-4-8-19(10-12)11-16(21)18-14-7-6-13(25-2)9-15(14)20(23)24/h6-7,9,12H,3-5,8,10-11H2,1-2H3,(H,18,21). The van der Waals surface area contributed by atoms with E-state index in [1.54, 1.807) is 13.0 Å². The monoisotopic (exact) mass is 365 g/mol. The van der Waals surface area contributed by atoms with E-state index in [0.29, 0.717) is 25.4 Å². The average molecular weight is 365 g/mol. The molecule has 1 aromatic carbocycles. The molecule has 0 aliphatic carbocycles. The molecule has 1 aliphatic heterocycles. The van der Waals surface area contributed by atoms with Crippen molar-refractivity contribution >= 4 is 23.3 Å². The molecule has 142 valence electrons. The number of nitrogens with zero attached hydrogens (tertiary/aromatic N) is 2. The number of ether oxygens (including phenoxy) is 2. The van der Waals surface area contributed by atoms with E-state index < -0.39 is 4.92 Å². The van der Waals surface area contributed by atoms with Crippen molar-refractivity contribution in [3.05, 3.63) is 28.3 Å². The molecule has 1 aliphatic rings. The van der Waals surface area contributed by atoms with E-state index in [4.69, 9.17) is 9.47 Å². The molecule has 0 radical (unpaired) electrons. The maximum absolute atomic E-state index is 12.3. The molecule has 1 saturated heterocycles. The topological polar surface area (TPSA) is 111 Å². The van der Waals surface area contributed by atoms with Crippen LogP contribution in [-0.2, 0) is 14.3 Å². The van der Waals surface area contributed by atoms with Crippen LogP contribution in [0.3, 0.4) is 0 Å². The van der Waals surface area contributed by atoms with Crippen LogP contribution in [0.4, 0.5) is 11.4 Å². The van der Waals surface area contributed by atoms with Crippen LogP contribution >= 0.6 is 0 Å². The quantitative estimate of drug-likeness (QED) is 0.446. The molecule has 1 fully saturated rings. The molecule has 0 bridgehead atoms. The van der Waals surface area contributed by atoms with Gasteiger partial charge in [-0.2, -0.15) is 0 Å². The molecule has 1 amide bonds. The van der Waals surface area contributed by atoms with Gasteiger partial charge in [0.2, 0.25) is 5.91 Å². The van der Waals surface area contributed by atoms with Gasteiger partial charge in [0.15, 0.2) is 0 Å². The molecule has 9 nitrogen and oxygen atoms in total. The van der Waals surface area contributed by atoms with Crippen molar-refractivity contribution in [1.82, 2.24) is 4.90 Å². The summed E-state index contributed by atoms with van der Waals surface area (Å²) in [5.74, 6) is -0.527. The largest absolute Gasteiger partial charge is 0.496 e. The first-order chi connectivity index (χ1) is 12.4. The number of amides is 1. The van der Waals surface area contributed by atoms with Crippen molar-refractivity contribution in [2.45, 2.75) is 19.8 Å². The highest BCUT2D eigenvalue weighted by atomic mass is 16.6. The molecular weight excluding hydrogens is 342 g/mol. The number of methoxy groups -OCH3 is 1. The van der Waals surface area contributed by atoms with Crippen LogP contribution in [0.2, 0.25) is 0 Å². The number of nitrogens with one attached hydrogen (secondary N) is 1. The number of nitro benzene ring substituents is 1. The van der Waals surface area contributed by atoms with Gasteiger partial charge in [0.1, 0.15) is 11.4 Å². The lowest BCUT2D eigenvalue weighted by Crippen LogP contribution is -2.43. The van der Waals surface area contributed by atoms with Gasteiger partial charge in [-0.15, -0.1) is 0 Å². The number of anilines is 1. The van der Waals surface area contributed by atoms with Crippen molar-refractivity contribution in [2.75, 3.05) is 38.7 Å². The molecule has 9 heteroatoms. The molecule has 1 atom stereocenters. The Balaban J connectivity index is 1.98. The number of piperidine rings is 1. The minimum Gasteiger partial charge on any atom is -0.496 e. The lowest BCUT2D eigenvalue weighted by Gasteiger charge is -2.30. The summed E-state index contributed by atoms with van der Waals surface area (Å²) in [5, 5.41) is 13.7. The van der Waals surface area contributed by atoms with Crippen LogP contribution in [0.25, 0.3) is 0 Å². The van der Waals surface area contributed by atoms with Gasteiger partial charge in [-0.1, -0.05) is 0 Å². The molecular formula is C17H23N3O6. The summed E-state index contributed by atoms with van der Waals surface area (Å²) < 4.78 is 10.0. The summed E-state index contributed by atoms with van der Waals surface area (Å²) in [5.41, 5.74) is -0.125. The smallest absolute Gasteiger partial charge is 0.310 e. The molecule has 0 aromatic heterocycles. The predicted octanol–water partition coefficient (Wildman–Crippen LogP) is 1.82. The second-order valence-corrected chi connectivity index (χ2v) is 6.01. The second kappa shape index (κ2) is 9.14. The van der Waals surface area contributed by atoms with Gasteiger partial charge in [0, 0.05) is 6.54 Å². The fourth-order valence-electron chi connectivity index (χ4n) is 2.94. The average Bonchev–Trinajstić information content (AvgIpc) is 2.62. The van der Waals surface area contributed by atoms with Crippen molar-refractivity contribution in [3.63, 3.8) is 0 Å². The van der Waals surface area contributed by atoms with Crippen molar-refractivity contribution in [3.8, 4) is 5.75 Å². The highest BCUT2D eigenvalue weighted by molar-refractivity contribution is 5.94. The highest BCUT2D eigenvalue weighted by Gasteiger charge is 2.28. The van der Waals surface area contributed by atoms with Crippen molar-refractivity contribution in [1.29, 1.82) is 0 Å². The lowest BCUT2D eigenvalue weighted by molar-refractivity contribution is -0.384. The summed E-state index contributed by atoms with van der Waals surface area (Å²) in [6, 6.07) is 4.24. The van der Waals surface area contributed by atoms with Gasteiger partial charge >= 0.3 is 5.97 Å². The summed E-state index contributed by atoms with van der Waals surface area (Å²) in [6.45, 7) is 3.27. The first kappa shape index (κ1) is 19.6. The summed E-state index contributed by atoms with van der Waals surface area (Å²) in [4.78, 5) is 36.6. The summed E-state index contributed by atoms with van der Waals surface area (Å²) in [6.07, 6.45) is 1.53. The molecule has 1 heterocycles. The number of hydrogen-bond donors (Lipinski definition) is 1. The Hall–Kier alpha value is -2.68. The number of rotatable bonds is 7. The highest BCUT2D eigenvalue weighted by Crippen LogP contribution is 2.29. The van der Waals surface area contributed by atoms with E-state index in [1.807, 2.05) is 4.90 Å². The fourth-order valence-corrected chi connectivity index (χ4v) is 2.94. The van der Waals surface area contributed by atoms with Crippen LogP contribution in [0.15, 0.2) is 18.2 Å². The van der Waals surface area contributed by atoms with Crippen LogP contribution in [0, 0.1) is 16.0 Å². The Morgan fingerprint density at radius 3 is 2.85 bits per heavy atom. The first-order valence-corrected chi connectivity index (χ1v) is 8.45. The minimum absolute atomic E-state index is 0.0547. The maximum Gasteiger partial charge on any atom is 0.310 e. The van der Waals surface area contributed by atoms with Gasteiger partial charge in [-0.3, -0.25) is 24.6 Å². The van der Waals surface area contributed by atoms with Crippen LogP contribution in [0.1, 0.15) is 19.8 Å². The molecule has 26 heavy (non-hydrogen) atoms. The van der Waals surface area contributed by atoms with Gasteiger partial charge < -0.3 is 14.8 Å². The Bertz CT molecular complexity index is 678. The fraction of sp³-hybridized carbons (Fsp3) is 0.529. The number of hydrogen-bond acceptors (Lipinski definition) is 7. The number of benzene rings is 1. The van der Waals surface area contributed by atoms with Gasteiger partial charge in [0.25, 0.3) is 5.69 Å². The van der Waals surface area contributed by atoms with E-state index in [9.17, 15) is 19.7 Å². The molecule has 0 saturated carbocycles. The maximum atomic E-state index is 12.3. The Labute approximate surface area is 151 Å². The summed E-state index contributed by atoms with van der Waals surface area (Å²) >= 11 is 0. The molecule has 1 unspecified atom stereocenters. The van der Waals surface area contributed by atoms with Gasteiger partial charge in [-0.25, -0.2) is 0 Å². The third kappa shape index (κ3) is 5.16. The zero-order valence-corrected chi connectivity index (χ0v) is 14.9. The van der Waals surface area contributed by atoms with Gasteiger partial charge in [0.05, 0.1) is 37.2 Å². The van der Waals surface area contributed by atoms with E-state index >= 15 is 0 Å². The first-order valence-electron chi connectivity index (χ1n) is 8.45. The molecule has 1 N–H and O–H groups in total. The number of likely N-dealkylation sites (tertiary alicyclic amines) is 1. The molecule has 2 rings (SSSR count). The van der Waals surface area contributed by atoms with E-state index in [2.05, 4.69) is 5.32 Å². The van der Waals surface area contributed by atoms with Crippen molar-refractivity contribution < 1.29 is 24.0 Å². The van der Waals surface area contributed by atoms with E-state index in [0.717, 1.165) is 12.8 Å². The normalized spacial score (nSPS) is 17.4. The Morgan fingerprint density at radius 1 is 1.42 bits per heavy atom. The number of nitro groups is 1. The lowest BCUT2D eigenvalue weighted by atomic mass is 9.98. The van der Waals surface area contributed by atoms with E-state index in [1.165, 1.54) is 19.2 Å². The van der Waals surface area contributed by atoms with Crippen LogP contribution in [-0.4, -0.2) is 55.1 Å². The molecule has 1 aromatic rings. The third-order valence-corrected chi connectivity index (χ3v) is 4.17. The summed E-state index contributed by atoms with van der Waals surface area (Å²) in [7, 11) is 1.41. The third-order valence-electron chi connectivity index (χ3n) is 4.17. The zero-order chi connectivity index (χ0) is 19.1. The Kier molecular flexibility index (Phi) is 6.90. The van der Waals surface area contributed by atoms with Crippen molar-refractivity contribution in [2.24, 2.45) is 5.92 Å². The number of carbonyl (C=O) groups is 2. The van der Waals surface area contributed by atoms with Crippen LogP contribution in [0.5, 0.6) is 5.75 Å². The Morgan fingerprint density at radius 2 is 2.19 bits per heavy atom. The van der Waals surface area contributed by atoms with Crippen LogP contribution < -0.4 is 10.1 Å². The SMILES string of the molecule is CCOC(=O)C1CCCN(CC(=O)Nc2ccc(OC)cc2[N+](=O)[O-])C1.